The molecule has 152 valence electrons. The molecular weight excluding hydrogens is 364 g/mol. The molecule has 1 aromatic heterocycles. The maximum Gasteiger partial charge on any atom is 0.320 e. The van der Waals surface area contributed by atoms with E-state index in [2.05, 4.69) is 27.5 Å². The molecule has 0 fully saturated rings. The number of unbranched alkanes of at least 4 members (excludes halogenated alkanes) is 3. The Morgan fingerprint density at radius 3 is 2.48 bits per heavy atom. The lowest BCUT2D eigenvalue weighted by Crippen LogP contribution is -2.29. The molecule has 2 amide bonds. The van der Waals surface area contributed by atoms with Gasteiger partial charge in [-0.05, 0) is 66.8 Å². The van der Waals surface area contributed by atoms with Crippen molar-refractivity contribution in [2.24, 2.45) is 0 Å². The lowest BCUT2D eigenvalue weighted by molar-refractivity contribution is 0.252. The van der Waals surface area contributed by atoms with E-state index >= 15 is 0 Å². The first-order chi connectivity index (χ1) is 14.0. The molecule has 0 aliphatic heterocycles. The highest BCUT2D eigenvalue weighted by Crippen LogP contribution is 2.30. The van der Waals surface area contributed by atoms with Gasteiger partial charge in [0.1, 0.15) is 5.75 Å². The largest absolute Gasteiger partial charge is 0.507 e. The van der Waals surface area contributed by atoms with Crippen molar-refractivity contribution in [1.29, 1.82) is 0 Å². The minimum absolute atomic E-state index is 0.268. The normalized spacial score (nSPS) is 10.9. The van der Waals surface area contributed by atoms with Crippen molar-refractivity contribution in [3.05, 3.63) is 47.7 Å². The summed E-state index contributed by atoms with van der Waals surface area (Å²) in [6, 6.07) is 9.47. The molecule has 29 heavy (non-hydrogen) atoms. The number of aromatic hydroxyl groups is 1. The van der Waals surface area contributed by atoms with Crippen LogP contribution in [0.2, 0.25) is 0 Å². The van der Waals surface area contributed by atoms with E-state index in [1.807, 2.05) is 44.2 Å². The number of aromatic nitrogens is 2. The molecule has 1 heterocycles. The maximum atomic E-state index is 12.1. The summed E-state index contributed by atoms with van der Waals surface area (Å²) in [4.78, 5) is 21.0. The second-order valence-electron chi connectivity index (χ2n) is 7.36. The van der Waals surface area contributed by atoms with Crippen molar-refractivity contribution in [3.63, 3.8) is 0 Å². The molecule has 3 aromatic rings. The minimum atomic E-state index is -0.268. The van der Waals surface area contributed by atoms with E-state index < -0.39 is 0 Å². The fourth-order valence-electron chi connectivity index (χ4n) is 3.29. The van der Waals surface area contributed by atoms with Crippen LogP contribution in [0.25, 0.3) is 22.2 Å². The monoisotopic (exact) mass is 392 g/mol. The van der Waals surface area contributed by atoms with Crippen molar-refractivity contribution in [2.45, 2.75) is 46.5 Å². The van der Waals surface area contributed by atoms with Gasteiger partial charge in [-0.15, -0.1) is 0 Å². The van der Waals surface area contributed by atoms with Gasteiger partial charge in [-0.2, -0.15) is 0 Å². The van der Waals surface area contributed by atoms with Crippen LogP contribution in [0.15, 0.2) is 36.5 Å². The molecule has 6 nitrogen and oxygen atoms in total. The number of hydrogen-bond acceptors (Lipinski definition) is 4. The van der Waals surface area contributed by atoms with Gasteiger partial charge in [-0.1, -0.05) is 32.3 Å². The van der Waals surface area contributed by atoms with E-state index in [1.165, 1.54) is 12.8 Å². The van der Waals surface area contributed by atoms with Gasteiger partial charge in [-0.3, -0.25) is 10.3 Å². The number of aryl methyl sites for hydroxylation is 2. The smallest absolute Gasteiger partial charge is 0.320 e. The number of rotatable bonds is 7. The number of amides is 2. The van der Waals surface area contributed by atoms with Gasteiger partial charge in [0.05, 0.1) is 17.2 Å². The summed E-state index contributed by atoms with van der Waals surface area (Å²) in [5, 5.41) is 15.6. The van der Waals surface area contributed by atoms with Crippen LogP contribution >= 0.6 is 0 Å². The molecule has 0 aliphatic carbocycles. The van der Waals surface area contributed by atoms with E-state index in [4.69, 9.17) is 0 Å². The van der Waals surface area contributed by atoms with Crippen molar-refractivity contribution in [3.8, 4) is 16.9 Å². The maximum absolute atomic E-state index is 12.1. The second-order valence-corrected chi connectivity index (χ2v) is 7.36. The number of phenolic OH excluding ortho intramolecular Hbond substituents is 1. The van der Waals surface area contributed by atoms with Crippen molar-refractivity contribution < 1.29 is 9.90 Å². The number of carbonyl (C=O) groups is 1. The van der Waals surface area contributed by atoms with E-state index in [1.54, 1.807) is 6.20 Å². The second kappa shape index (κ2) is 9.37. The van der Waals surface area contributed by atoms with E-state index in [9.17, 15) is 9.90 Å². The summed E-state index contributed by atoms with van der Waals surface area (Å²) in [6.07, 6.45) is 6.00. The number of carbonyl (C=O) groups excluding carboxylic acids is 1. The summed E-state index contributed by atoms with van der Waals surface area (Å²) in [6.45, 7) is 6.58. The van der Waals surface area contributed by atoms with E-state index in [0.29, 0.717) is 23.6 Å². The lowest BCUT2D eigenvalue weighted by atomic mass is 9.99. The summed E-state index contributed by atoms with van der Waals surface area (Å²) >= 11 is 0. The van der Waals surface area contributed by atoms with E-state index in [0.717, 1.165) is 40.6 Å². The van der Waals surface area contributed by atoms with Gasteiger partial charge in [0.25, 0.3) is 0 Å². The van der Waals surface area contributed by atoms with Gasteiger partial charge < -0.3 is 10.4 Å². The summed E-state index contributed by atoms with van der Waals surface area (Å²) < 4.78 is 0. The summed E-state index contributed by atoms with van der Waals surface area (Å²) in [7, 11) is 0. The Morgan fingerprint density at radius 2 is 1.76 bits per heavy atom. The predicted molar refractivity (Wildman–Crippen MR) is 117 cm³/mol. The first kappa shape index (κ1) is 20.6. The molecule has 0 saturated carbocycles. The molecule has 0 aliphatic rings. The number of nitrogens with one attached hydrogen (secondary N) is 2. The fraction of sp³-hybridized carbons (Fsp3) is 0.348. The predicted octanol–water partition coefficient (Wildman–Crippen LogP) is 5.32. The number of benzene rings is 2. The van der Waals surface area contributed by atoms with E-state index in [-0.39, 0.29) is 6.03 Å². The average molecular weight is 393 g/mol. The average Bonchev–Trinajstić information content (AvgIpc) is 2.71. The lowest BCUT2D eigenvalue weighted by Gasteiger charge is -2.10. The van der Waals surface area contributed by atoms with Crippen LogP contribution in [-0.2, 0) is 0 Å². The molecule has 0 atom stereocenters. The van der Waals surface area contributed by atoms with Crippen molar-refractivity contribution in [1.82, 2.24) is 15.3 Å². The van der Waals surface area contributed by atoms with Gasteiger partial charge >= 0.3 is 6.03 Å². The zero-order valence-electron chi connectivity index (χ0n) is 17.2. The van der Waals surface area contributed by atoms with Crippen LogP contribution in [0.3, 0.4) is 0 Å². The van der Waals surface area contributed by atoms with Gasteiger partial charge in [0.15, 0.2) is 5.82 Å². The number of nitrogens with zero attached hydrogens (tertiary/aromatic N) is 2. The minimum Gasteiger partial charge on any atom is -0.507 e. The van der Waals surface area contributed by atoms with Crippen molar-refractivity contribution in [2.75, 3.05) is 11.9 Å². The van der Waals surface area contributed by atoms with Crippen LogP contribution < -0.4 is 10.6 Å². The third-order valence-electron chi connectivity index (χ3n) is 4.92. The quantitative estimate of drug-likeness (QED) is 0.475. The number of fused-ring (bicyclic) bond motifs is 1. The standard InChI is InChI=1S/C23H28N4O2/c1-4-5-6-7-10-24-23(29)27-21-14-25-19-9-8-17(13-20(19)26-21)18-11-15(2)22(28)16(3)12-18/h8-9,11-14,28H,4-7,10H2,1-3H3,(H2,24,26,27,29). The Hall–Kier alpha value is -3.15. The molecule has 2 aromatic carbocycles. The molecule has 0 saturated heterocycles. The first-order valence-electron chi connectivity index (χ1n) is 10.1. The molecule has 6 heteroatoms. The summed E-state index contributed by atoms with van der Waals surface area (Å²) in [5.41, 5.74) is 5.10. The van der Waals surface area contributed by atoms with Crippen LogP contribution in [-0.4, -0.2) is 27.7 Å². The highest BCUT2D eigenvalue weighted by molar-refractivity contribution is 5.90. The Balaban J connectivity index is 1.75. The number of phenols is 1. The SMILES string of the molecule is CCCCCCNC(=O)Nc1cnc2ccc(-c3cc(C)c(O)c(C)c3)cc2n1. The van der Waals surface area contributed by atoms with Crippen LogP contribution in [0, 0.1) is 13.8 Å². The Kier molecular flexibility index (Phi) is 6.65. The highest BCUT2D eigenvalue weighted by Gasteiger charge is 2.09. The number of urea groups is 1. The third kappa shape index (κ3) is 5.22. The molecular formula is C23H28N4O2. The third-order valence-corrected chi connectivity index (χ3v) is 4.92. The zero-order chi connectivity index (χ0) is 20.8. The highest BCUT2D eigenvalue weighted by atomic mass is 16.3. The van der Waals surface area contributed by atoms with Gasteiger partial charge in [0.2, 0.25) is 0 Å². The van der Waals surface area contributed by atoms with Crippen molar-refractivity contribution >= 4 is 22.9 Å². The number of hydrogen-bond donors (Lipinski definition) is 3. The molecule has 3 rings (SSSR count). The Morgan fingerprint density at radius 1 is 1.00 bits per heavy atom. The molecule has 0 unspecified atom stereocenters. The number of anilines is 1. The summed E-state index contributed by atoms with van der Waals surface area (Å²) in [5.74, 6) is 0.736. The Labute approximate surface area is 171 Å². The van der Waals surface area contributed by atoms with Crippen LogP contribution in [0.5, 0.6) is 5.75 Å². The Bertz CT molecular complexity index is 994. The van der Waals surface area contributed by atoms with Crippen LogP contribution in [0.4, 0.5) is 10.6 Å². The zero-order valence-corrected chi connectivity index (χ0v) is 17.2. The molecule has 3 N–H and O–H groups in total. The first-order valence-corrected chi connectivity index (χ1v) is 10.1. The fourth-order valence-corrected chi connectivity index (χ4v) is 3.29. The van der Waals surface area contributed by atoms with Crippen LogP contribution in [0.1, 0.15) is 43.7 Å². The molecule has 0 radical (unpaired) electrons. The molecule has 0 spiro atoms. The van der Waals surface area contributed by atoms with Gasteiger partial charge in [0, 0.05) is 6.54 Å². The molecule has 0 bridgehead atoms. The topological polar surface area (TPSA) is 87.1 Å². The van der Waals surface area contributed by atoms with Gasteiger partial charge in [-0.25, -0.2) is 9.78 Å².